The van der Waals surface area contributed by atoms with Gasteiger partial charge in [-0.05, 0) is 23.5 Å². The van der Waals surface area contributed by atoms with E-state index in [4.69, 9.17) is 5.11 Å². The minimum atomic E-state index is -0.870. The molecule has 1 aromatic carbocycles. The molecule has 2 atom stereocenters. The second-order valence-electron chi connectivity index (χ2n) is 5.18. The molecule has 2 amide bonds. The van der Waals surface area contributed by atoms with E-state index in [0.29, 0.717) is 18.5 Å². The Morgan fingerprint density at radius 2 is 2.00 bits per heavy atom. The highest BCUT2D eigenvalue weighted by atomic mass is 16.4. The van der Waals surface area contributed by atoms with Gasteiger partial charge in [0.2, 0.25) is 0 Å². The molecule has 5 heteroatoms. The Labute approximate surface area is 118 Å². The molecule has 0 aliphatic heterocycles. The molecular formula is C15H20N2O3. The van der Waals surface area contributed by atoms with Crippen LogP contribution in [0, 0.1) is 5.92 Å². The van der Waals surface area contributed by atoms with E-state index in [1.165, 1.54) is 0 Å². The molecule has 0 heterocycles. The number of hydrogen-bond acceptors (Lipinski definition) is 2. The highest BCUT2D eigenvalue weighted by molar-refractivity contribution is 5.75. The molecule has 5 nitrogen and oxygen atoms in total. The fourth-order valence-corrected chi connectivity index (χ4v) is 2.34. The Morgan fingerprint density at radius 3 is 2.60 bits per heavy atom. The predicted molar refractivity (Wildman–Crippen MR) is 75.3 cm³/mol. The van der Waals surface area contributed by atoms with Gasteiger partial charge in [0.25, 0.3) is 0 Å². The molecule has 108 valence electrons. The van der Waals surface area contributed by atoms with Crippen molar-refractivity contribution in [3.05, 3.63) is 35.4 Å². The van der Waals surface area contributed by atoms with Gasteiger partial charge in [0.1, 0.15) is 0 Å². The number of carbonyl (C=O) groups is 2. The maximum atomic E-state index is 11.7. The van der Waals surface area contributed by atoms with Crippen molar-refractivity contribution in [2.24, 2.45) is 5.92 Å². The summed E-state index contributed by atoms with van der Waals surface area (Å²) in [5.74, 6) is -0.259. The first kappa shape index (κ1) is 14.4. The fourth-order valence-electron chi connectivity index (χ4n) is 2.34. The van der Waals surface area contributed by atoms with Gasteiger partial charge in [-0.2, -0.15) is 0 Å². The zero-order valence-corrected chi connectivity index (χ0v) is 11.6. The quantitative estimate of drug-likeness (QED) is 0.742. The summed E-state index contributed by atoms with van der Waals surface area (Å²) in [6.45, 7) is 2.46. The van der Waals surface area contributed by atoms with Crippen LogP contribution in [-0.2, 0) is 17.8 Å². The minimum Gasteiger partial charge on any atom is -0.481 e. The normalized spacial score (nSPS) is 20.2. The molecule has 1 aliphatic carbocycles. The molecule has 3 N–H and O–H groups in total. The zero-order valence-electron chi connectivity index (χ0n) is 11.6. The summed E-state index contributed by atoms with van der Waals surface area (Å²) in [5.41, 5.74) is 1.58. The van der Waals surface area contributed by atoms with Crippen molar-refractivity contribution in [2.45, 2.75) is 38.8 Å². The van der Waals surface area contributed by atoms with Crippen molar-refractivity contribution in [1.82, 2.24) is 10.6 Å². The van der Waals surface area contributed by atoms with Gasteiger partial charge in [-0.25, -0.2) is 4.79 Å². The standard InChI is InChI=1S/C15H20N2O3/c1-2-10-7-13(10)17-15(20)16-9-12-6-4-3-5-11(12)8-14(18)19/h3-6,10,13H,2,7-9H2,1H3,(H,18,19)(H2,16,17,20). The van der Waals surface area contributed by atoms with Crippen LogP contribution in [0.4, 0.5) is 4.79 Å². The van der Waals surface area contributed by atoms with E-state index >= 15 is 0 Å². The average molecular weight is 276 g/mol. The van der Waals surface area contributed by atoms with Crippen LogP contribution < -0.4 is 10.6 Å². The van der Waals surface area contributed by atoms with Gasteiger partial charge in [-0.1, -0.05) is 37.6 Å². The molecular weight excluding hydrogens is 256 g/mol. The summed E-state index contributed by atoms with van der Waals surface area (Å²) in [6.07, 6.45) is 2.12. The largest absolute Gasteiger partial charge is 0.481 e. The van der Waals surface area contributed by atoms with Gasteiger partial charge in [-0.3, -0.25) is 4.79 Å². The van der Waals surface area contributed by atoms with Crippen molar-refractivity contribution in [1.29, 1.82) is 0 Å². The number of carbonyl (C=O) groups excluding carboxylic acids is 1. The first-order chi connectivity index (χ1) is 9.60. The molecule has 0 spiro atoms. The van der Waals surface area contributed by atoms with Gasteiger partial charge < -0.3 is 15.7 Å². The number of hydrogen-bond donors (Lipinski definition) is 3. The van der Waals surface area contributed by atoms with Crippen LogP contribution in [0.5, 0.6) is 0 Å². The molecule has 1 fully saturated rings. The first-order valence-electron chi connectivity index (χ1n) is 6.93. The number of carboxylic acids is 1. The van der Waals surface area contributed by atoms with Crippen LogP contribution in [0.25, 0.3) is 0 Å². The van der Waals surface area contributed by atoms with E-state index in [-0.39, 0.29) is 12.5 Å². The van der Waals surface area contributed by atoms with Crippen LogP contribution in [0.2, 0.25) is 0 Å². The number of nitrogens with one attached hydrogen (secondary N) is 2. The Kier molecular flexibility index (Phi) is 4.61. The lowest BCUT2D eigenvalue weighted by Gasteiger charge is -2.10. The number of benzene rings is 1. The lowest BCUT2D eigenvalue weighted by molar-refractivity contribution is -0.136. The van der Waals surface area contributed by atoms with E-state index in [1.54, 1.807) is 12.1 Å². The molecule has 2 rings (SSSR count). The van der Waals surface area contributed by atoms with Crippen molar-refractivity contribution >= 4 is 12.0 Å². The number of carboxylic acid groups (broad SMARTS) is 1. The maximum absolute atomic E-state index is 11.7. The number of urea groups is 1. The summed E-state index contributed by atoms with van der Waals surface area (Å²) >= 11 is 0. The second kappa shape index (κ2) is 6.41. The third kappa shape index (κ3) is 3.98. The highest BCUT2D eigenvalue weighted by Gasteiger charge is 2.36. The molecule has 0 radical (unpaired) electrons. The molecule has 0 bridgehead atoms. The Bertz CT molecular complexity index is 502. The fraction of sp³-hybridized carbons (Fsp3) is 0.467. The second-order valence-corrected chi connectivity index (χ2v) is 5.18. The molecule has 1 aromatic rings. The average Bonchev–Trinajstić information content (AvgIpc) is 3.15. The van der Waals surface area contributed by atoms with Crippen molar-refractivity contribution in [2.75, 3.05) is 0 Å². The van der Waals surface area contributed by atoms with E-state index in [2.05, 4.69) is 17.6 Å². The van der Waals surface area contributed by atoms with Gasteiger partial charge in [-0.15, -0.1) is 0 Å². The SMILES string of the molecule is CCC1CC1NC(=O)NCc1ccccc1CC(=O)O. The summed E-state index contributed by atoms with van der Waals surface area (Å²) in [4.78, 5) is 22.5. The van der Waals surface area contributed by atoms with E-state index in [0.717, 1.165) is 24.0 Å². The van der Waals surface area contributed by atoms with Crippen LogP contribution >= 0.6 is 0 Å². The van der Waals surface area contributed by atoms with Gasteiger partial charge in [0.15, 0.2) is 0 Å². The monoisotopic (exact) mass is 276 g/mol. The van der Waals surface area contributed by atoms with Gasteiger partial charge >= 0.3 is 12.0 Å². The maximum Gasteiger partial charge on any atom is 0.315 e. The van der Waals surface area contributed by atoms with E-state index in [9.17, 15) is 9.59 Å². The summed E-state index contributed by atoms with van der Waals surface area (Å²) in [7, 11) is 0. The lowest BCUT2D eigenvalue weighted by Crippen LogP contribution is -2.37. The third-order valence-corrected chi connectivity index (χ3v) is 3.66. The third-order valence-electron chi connectivity index (χ3n) is 3.66. The van der Waals surface area contributed by atoms with E-state index in [1.807, 2.05) is 12.1 Å². The van der Waals surface area contributed by atoms with Crippen molar-refractivity contribution in [3.8, 4) is 0 Å². The molecule has 20 heavy (non-hydrogen) atoms. The van der Waals surface area contributed by atoms with Gasteiger partial charge in [0, 0.05) is 12.6 Å². The topological polar surface area (TPSA) is 78.4 Å². The molecule has 2 unspecified atom stereocenters. The predicted octanol–water partition coefficient (Wildman–Crippen LogP) is 1.91. The lowest BCUT2D eigenvalue weighted by atomic mass is 10.0. The van der Waals surface area contributed by atoms with Crippen LogP contribution in [-0.4, -0.2) is 23.1 Å². The smallest absolute Gasteiger partial charge is 0.315 e. The minimum absolute atomic E-state index is 0.0278. The highest BCUT2D eigenvalue weighted by Crippen LogP contribution is 2.32. The Balaban J connectivity index is 1.84. The Hall–Kier alpha value is -2.04. The summed E-state index contributed by atoms with van der Waals surface area (Å²) in [5, 5.41) is 14.6. The van der Waals surface area contributed by atoms with Crippen molar-refractivity contribution in [3.63, 3.8) is 0 Å². The van der Waals surface area contributed by atoms with E-state index < -0.39 is 5.97 Å². The molecule has 1 saturated carbocycles. The number of aliphatic carboxylic acids is 1. The molecule has 0 aromatic heterocycles. The molecule has 1 aliphatic rings. The van der Waals surface area contributed by atoms with Crippen LogP contribution in [0.1, 0.15) is 30.9 Å². The zero-order chi connectivity index (χ0) is 14.5. The first-order valence-corrected chi connectivity index (χ1v) is 6.93. The van der Waals surface area contributed by atoms with Crippen molar-refractivity contribution < 1.29 is 14.7 Å². The summed E-state index contributed by atoms with van der Waals surface area (Å²) in [6, 6.07) is 7.37. The van der Waals surface area contributed by atoms with Gasteiger partial charge in [0.05, 0.1) is 6.42 Å². The summed E-state index contributed by atoms with van der Waals surface area (Å²) < 4.78 is 0. The number of rotatable bonds is 6. The Morgan fingerprint density at radius 1 is 1.30 bits per heavy atom. The van der Waals surface area contributed by atoms with Crippen LogP contribution in [0.15, 0.2) is 24.3 Å². The molecule has 0 saturated heterocycles. The number of amides is 2. The van der Waals surface area contributed by atoms with Crippen LogP contribution in [0.3, 0.4) is 0 Å².